The second-order valence-corrected chi connectivity index (χ2v) is 5.33. The highest BCUT2D eigenvalue weighted by Gasteiger charge is 2.18. The van der Waals surface area contributed by atoms with E-state index in [4.69, 9.17) is 0 Å². The zero-order valence-electron chi connectivity index (χ0n) is 12.4. The van der Waals surface area contributed by atoms with Gasteiger partial charge in [-0.05, 0) is 30.2 Å². The standard InChI is InChI=1S/C16H13N3O5/c20-14-5-4-11(19(23)24)8-12(14)16(22)17-10-3-1-9-2-6-15(21)18-13(9)7-10/h1,3-5,7-8,20H,2,6H2,(H,17,22)(H,18,21). The van der Waals surface area contributed by atoms with Crippen molar-refractivity contribution in [1.29, 1.82) is 0 Å². The van der Waals surface area contributed by atoms with Crippen molar-refractivity contribution in [3.05, 3.63) is 57.6 Å². The number of aromatic hydroxyl groups is 1. The van der Waals surface area contributed by atoms with E-state index in [1.165, 1.54) is 0 Å². The highest BCUT2D eigenvalue weighted by Crippen LogP contribution is 2.28. The quantitative estimate of drug-likeness (QED) is 0.590. The molecule has 0 aliphatic carbocycles. The fraction of sp³-hybridized carbons (Fsp3) is 0.125. The van der Waals surface area contributed by atoms with Gasteiger partial charge in [0, 0.05) is 29.9 Å². The molecule has 0 spiro atoms. The van der Waals surface area contributed by atoms with Gasteiger partial charge in [0.2, 0.25) is 5.91 Å². The van der Waals surface area contributed by atoms with Gasteiger partial charge in [-0.1, -0.05) is 6.07 Å². The third kappa shape index (κ3) is 3.02. The number of hydrogen-bond acceptors (Lipinski definition) is 5. The lowest BCUT2D eigenvalue weighted by Gasteiger charge is -2.17. The molecular weight excluding hydrogens is 314 g/mol. The number of carbonyl (C=O) groups excluding carboxylic acids is 2. The van der Waals surface area contributed by atoms with Crippen LogP contribution in [0.5, 0.6) is 5.75 Å². The van der Waals surface area contributed by atoms with E-state index in [2.05, 4.69) is 10.6 Å². The first-order valence-electron chi connectivity index (χ1n) is 7.15. The summed E-state index contributed by atoms with van der Waals surface area (Å²) in [5.74, 6) is -1.13. The summed E-state index contributed by atoms with van der Waals surface area (Å²) in [6.07, 6.45) is 1.04. The molecule has 122 valence electrons. The third-order valence-electron chi connectivity index (χ3n) is 3.70. The molecule has 0 bridgehead atoms. The van der Waals surface area contributed by atoms with Crippen LogP contribution in [0.2, 0.25) is 0 Å². The molecular formula is C16H13N3O5. The Labute approximate surface area is 136 Å². The van der Waals surface area contributed by atoms with Gasteiger partial charge >= 0.3 is 0 Å². The highest BCUT2D eigenvalue weighted by molar-refractivity contribution is 6.07. The largest absolute Gasteiger partial charge is 0.507 e. The van der Waals surface area contributed by atoms with E-state index in [9.17, 15) is 24.8 Å². The Hall–Kier alpha value is -3.42. The van der Waals surface area contributed by atoms with Crippen molar-refractivity contribution < 1.29 is 19.6 Å². The monoisotopic (exact) mass is 327 g/mol. The second kappa shape index (κ2) is 5.99. The minimum absolute atomic E-state index is 0.0951. The molecule has 0 saturated carbocycles. The Morgan fingerprint density at radius 2 is 2.00 bits per heavy atom. The number of hydrogen-bond donors (Lipinski definition) is 3. The number of phenolic OH excluding ortho intramolecular Hbond substituents is 1. The minimum atomic E-state index is -0.682. The van der Waals surface area contributed by atoms with Crippen molar-refractivity contribution in [1.82, 2.24) is 0 Å². The molecule has 3 N–H and O–H groups in total. The first kappa shape index (κ1) is 15.5. The summed E-state index contributed by atoms with van der Waals surface area (Å²) in [6.45, 7) is 0. The Morgan fingerprint density at radius 3 is 2.75 bits per heavy atom. The van der Waals surface area contributed by atoms with Crippen molar-refractivity contribution in [3.63, 3.8) is 0 Å². The highest BCUT2D eigenvalue weighted by atomic mass is 16.6. The lowest BCUT2D eigenvalue weighted by atomic mass is 10.0. The molecule has 0 atom stereocenters. The number of anilines is 2. The topological polar surface area (TPSA) is 122 Å². The van der Waals surface area contributed by atoms with Crippen LogP contribution in [0.15, 0.2) is 36.4 Å². The average molecular weight is 327 g/mol. The van der Waals surface area contributed by atoms with Gasteiger partial charge in [-0.2, -0.15) is 0 Å². The van der Waals surface area contributed by atoms with Crippen LogP contribution in [0.1, 0.15) is 22.3 Å². The summed E-state index contributed by atoms with van der Waals surface area (Å²) in [7, 11) is 0. The predicted molar refractivity (Wildman–Crippen MR) is 86.1 cm³/mol. The molecule has 8 nitrogen and oxygen atoms in total. The summed E-state index contributed by atoms with van der Waals surface area (Å²) >= 11 is 0. The van der Waals surface area contributed by atoms with Gasteiger partial charge in [-0.3, -0.25) is 19.7 Å². The second-order valence-electron chi connectivity index (χ2n) is 5.33. The molecule has 2 aromatic rings. The fourth-order valence-electron chi connectivity index (χ4n) is 2.47. The van der Waals surface area contributed by atoms with E-state index in [0.29, 0.717) is 24.2 Å². The maximum absolute atomic E-state index is 12.3. The summed E-state index contributed by atoms with van der Waals surface area (Å²) in [4.78, 5) is 33.8. The van der Waals surface area contributed by atoms with Crippen molar-refractivity contribution in [2.45, 2.75) is 12.8 Å². The van der Waals surface area contributed by atoms with Gasteiger partial charge in [0.1, 0.15) is 5.75 Å². The van der Waals surface area contributed by atoms with Gasteiger partial charge in [-0.15, -0.1) is 0 Å². The molecule has 0 fully saturated rings. The maximum Gasteiger partial charge on any atom is 0.270 e. The molecule has 2 amide bonds. The smallest absolute Gasteiger partial charge is 0.270 e. The lowest BCUT2D eigenvalue weighted by Crippen LogP contribution is -2.19. The minimum Gasteiger partial charge on any atom is -0.507 e. The number of nitro groups is 1. The molecule has 0 saturated heterocycles. The van der Waals surface area contributed by atoms with Crippen LogP contribution in [-0.2, 0) is 11.2 Å². The predicted octanol–water partition coefficient (Wildman–Crippen LogP) is 2.44. The molecule has 1 heterocycles. The molecule has 8 heteroatoms. The zero-order valence-corrected chi connectivity index (χ0v) is 12.4. The lowest BCUT2D eigenvalue weighted by molar-refractivity contribution is -0.384. The number of non-ortho nitro benzene ring substituents is 1. The zero-order chi connectivity index (χ0) is 17.3. The Balaban J connectivity index is 1.85. The summed E-state index contributed by atoms with van der Waals surface area (Å²) in [6, 6.07) is 8.28. The van der Waals surface area contributed by atoms with E-state index >= 15 is 0 Å². The van der Waals surface area contributed by atoms with Gasteiger partial charge in [0.15, 0.2) is 0 Å². The number of amides is 2. The normalized spacial score (nSPS) is 12.9. The number of fused-ring (bicyclic) bond motifs is 1. The average Bonchev–Trinajstić information content (AvgIpc) is 2.54. The number of rotatable bonds is 3. The maximum atomic E-state index is 12.3. The van der Waals surface area contributed by atoms with Crippen LogP contribution in [0, 0.1) is 10.1 Å². The van der Waals surface area contributed by atoms with E-state index < -0.39 is 10.8 Å². The van der Waals surface area contributed by atoms with Crippen LogP contribution in [-0.4, -0.2) is 21.8 Å². The Morgan fingerprint density at radius 1 is 1.21 bits per heavy atom. The number of carbonyl (C=O) groups is 2. The Bertz CT molecular complexity index is 863. The van der Waals surface area contributed by atoms with E-state index in [-0.39, 0.29) is 22.9 Å². The SMILES string of the molecule is O=C1CCc2ccc(NC(=O)c3cc([N+](=O)[O-])ccc3O)cc2N1. The van der Waals surface area contributed by atoms with Crippen molar-refractivity contribution >= 4 is 28.9 Å². The fourth-order valence-corrected chi connectivity index (χ4v) is 2.47. The van der Waals surface area contributed by atoms with Crippen LogP contribution in [0.25, 0.3) is 0 Å². The van der Waals surface area contributed by atoms with Gasteiger partial charge in [-0.25, -0.2) is 0 Å². The number of aryl methyl sites for hydroxylation is 1. The molecule has 3 rings (SSSR count). The van der Waals surface area contributed by atoms with Crippen molar-refractivity contribution in [2.75, 3.05) is 10.6 Å². The molecule has 0 unspecified atom stereocenters. The van der Waals surface area contributed by atoms with Crippen LogP contribution in [0.3, 0.4) is 0 Å². The van der Waals surface area contributed by atoms with Crippen LogP contribution in [0.4, 0.5) is 17.1 Å². The first-order valence-corrected chi connectivity index (χ1v) is 7.15. The summed E-state index contributed by atoms with van der Waals surface area (Å²) in [5.41, 5.74) is 1.49. The Kier molecular flexibility index (Phi) is 3.87. The van der Waals surface area contributed by atoms with Gasteiger partial charge < -0.3 is 15.7 Å². The summed E-state index contributed by atoms with van der Waals surface area (Å²) < 4.78 is 0. The van der Waals surface area contributed by atoms with E-state index in [1.54, 1.807) is 18.2 Å². The van der Waals surface area contributed by atoms with Gasteiger partial charge in [0.05, 0.1) is 10.5 Å². The number of phenols is 1. The van der Waals surface area contributed by atoms with E-state index in [1.807, 2.05) is 0 Å². The molecule has 0 radical (unpaired) electrons. The number of nitrogens with one attached hydrogen (secondary N) is 2. The van der Waals surface area contributed by atoms with Gasteiger partial charge in [0.25, 0.3) is 11.6 Å². The van der Waals surface area contributed by atoms with E-state index in [0.717, 1.165) is 23.8 Å². The molecule has 1 aliphatic heterocycles. The van der Waals surface area contributed by atoms with Crippen molar-refractivity contribution in [2.24, 2.45) is 0 Å². The van der Waals surface area contributed by atoms with Crippen molar-refractivity contribution in [3.8, 4) is 5.75 Å². The number of nitrogens with zero attached hydrogens (tertiary/aromatic N) is 1. The molecule has 2 aromatic carbocycles. The molecule has 0 aromatic heterocycles. The molecule has 1 aliphatic rings. The van der Waals surface area contributed by atoms with Crippen LogP contribution >= 0.6 is 0 Å². The number of benzene rings is 2. The summed E-state index contributed by atoms with van der Waals surface area (Å²) in [5, 5.41) is 25.8. The third-order valence-corrected chi connectivity index (χ3v) is 3.70. The number of nitro benzene ring substituents is 1. The van der Waals surface area contributed by atoms with Crippen LogP contribution < -0.4 is 10.6 Å². The first-order chi connectivity index (χ1) is 11.4. The molecule has 24 heavy (non-hydrogen) atoms.